The van der Waals surface area contributed by atoms with Crippen molar-refractivity contribution in [1.29, 1.82) is 0 Å². The van der Waals surface area contributed by atoms with Gasteiger partial charge in [-0.1, -0.05) is 69.2 Å². The summed E-state index contributed by atoms with van der Waals surface area (Å²) in [6, 6.07) is 0. The third-order valence-corrected chi connectivity index (χ3v) is 13.3. The molecule has 0 bridgehead atoms. The second kappa shape index (κ2) is 51.7. The van der Waals surface area contributed by atoms with Gasteiger partial charge in [0.1, 0.15) is 32.4 Å². The second-order valence-electron chi connectivity index (χ2n) is 22.6. The summed E-state index contributed by atoms with van der Waals surface area (Å²) in [5.74, 6) is -24.5. The monoisotopic (exact) mass is 1310 g/mol. The number of esters is 5. The SMILES string of the molecule is CCC(C)(C)C(=O)OCCC(=O)OC(F)(F)C(F)(F)C(F)(F)C(=O)[O-].CCC(C)(C)C(=O)OCCOC(=O)[O-].CCC(C)(CC(C)(C)C(=O)NCCCC(=O)[O-])C(=O)OCCO.CCC(C)(CC(C)(C)C(=O)[O-])C(=O)OCCOC.CCC(C)C(=O)[O-].[Li+].[Li+].[Li+].[Li+].[Li+]. The number of carboxylic acids is 4. The van der Waals surface area contributed by atoms with Gasteiger partial charge in [0.15, 0.2) is 0 Å². The first-order valence-electron chi connectivity index (χ1n) is 27.5. The van der Waals surface area contributed by atoms with Gasteiger partial charge in [0.25, 0.3) is 6.16 Å². The van der Waals surface area contributed by atoms with Crippen LogP contribution in [0, 0.1) is 38.4 Å². The molecular formula is C56H90F6Li5NO24. The van der Waals surface area contributed by atoms with Crippen molar-refractivity contribution in [3.63, 3.8) is 0 Å². The van der Waals surface area contributed by atoms with E-state index in [1.165, 1.54) is 21.0 Å². The zero-order chi connectivity index (χ0) is 69.8. The number of carbonyl (C=O) groups is 11. The van der Waals surface area contributed by atoms with Gasteiger partial charge < -0.3 is 93.1 Å². The summed E-state index contributed by atoms with van der Waals surface area (Å²) in [5, 5.41) is 62.3. The van der Waals surface area contributed by atoms with Gasteiger partial charge in [-0.3, -0.25) is 28.8 Å². The van der Waals surface area contributed by atoms with Gasteiger partial charge in [-0.05, 0) is 105 Å². The summed E-state index contributed by atoms with van der Waals surface area (Å²) in [6.45, 7) is 26.5. The largest absolute Gasteiger partial charge is 1.00 e. The summed E-state index contributed by atoms with van der Waals surface area (Å²) in [4.78, 5) is 121. The van der Waals surface area contributed by atoms with Gasteiger partial charge in [0.05, 0.1) is 47.9 Å². The van der Waals surface area contributed by atoms with Crippen molar-refractivity contribution in [3.05, 3.63) is 0 Å². The zero-order valence-electron chi connectivity index (χ0n) is 57.9. The Morgan fingerprint density at radius 1 is 0.489 bits per heavy atom. The average molecular weight is 1310 g/mol. The van der Waals surface area contributed by atoms with Crippen LogP contribution in [0.3, 0.4) is 0 Å². The molecule has 0 saturated heterocycles. The third kappa shape index (κ3) is 43.5. The van der Waals surface area contributed by atoms with Gasteiger partial charge in [0, 0.05) is 42.4 Å². The molecule has 2 N–H and O–H groups in total. The fourth-order valence-corrected chi connectivity index (χ4v) is 6.07. The molecule has 510 valence electrons. The molecular weight excluding hydrogens is 1220 g/mol. The smallest absolute Gasteiger partial charge is 0.550 e. The predicted octanol–water partition coefficient (Wildman–Crippen LogP) is -12.6. The topological polar surface area (TPSA) is 400 Å². The Hall–Kier alpha value is -3.54. The minimum absolute atomic E-state index is 0. The number of ether oxygens (including phenoxy) is 7. The summed E-state index contributed by atoms with van der Waals surface area (Å²) < 4.78 is 109. The Balaban J connectivity index is -0.000000117. The van der Waals surface area contributed by atoms with E-state index in [4.69, 9.17) is 24.1 Å². The van der Waals surface area contributed by atoms with Gasteiger partial charge in [-0.15, -0.1) is 0 Å². The molecule has 0 saturated carbocycles. The van der Waals surface area contributed by atoms with Crippen molar-refractivity contribution in [2.75, 3.05) is 59.9 Å². The van der Waals surface area contributed by atoms with Crippen LogP contribution in [0.25, 0.3) is 0 Å². The Labute approximate surface area is 595 Å². The minimum Gasteiger partial charge on any atom is -0.550 e. The summed E-state index contributed by atoms with van der Waals surface area (Å²) in [7, 11) is 1.52. The Morgan fingerprint density at radius 3 is 1.20 bits per heavy atom. The van der Waals surface area contributed by atoms with Crippen LogP contribution in [0.2, 0.25) is 0 Å². The maximum atomic E-state index is 13.1. The number of hydrogen-bond donors (Lipinski definition) is 2. The van der Waals surface area contributed by atoms with Gasteiger partial charge in [0.2, 0.25) is 5.91 Å². The van der Waals surface area contributed by atoms with Crippen LogP contribution in [0.4, 0.5) is 31.1 Å². The number of aliphatic hydroxyl groups is 1. The normalized spacial score (nSPS) is 12.7. The fraction of sp³-hybridized carbons (Fsp3) is 0.804. The van der Waals surface area contributed by atoms with Crippen molar-refractivity contribution < 1.29 is 237 Å². The van der Waals surface area contributed by atoms with Crippen molar-refractivity contribution in [3.8, 4) is 0 Å². The number of aliphatic carboxylic acids is 4. The molecule has 0 aromatic carbocycles. The van der Waals surface area contributed by atoms with Crippen LogP contribution < -0.4 is 125 Å². The van der Waals surface area contributed by atoms with E-state index in [1.807, 2.05) is 27.7 Å². The van der Waals surface area contributed by atoms with Gasteiger partial charge in [-0.25, -0.2) is 0 Å². The van der Waals surface area contributed by atoms with E-state index in [-0.39, 0.29) is 171 Å². The van der Waals surface area contributed by atoms with E-state index in [2.05, 4.69) is 19.5 Å². The number of alkyl halides is 6. The van der Waals surface area contributed by atoms with Gasteiger partial charge in [-0.2, -0.15) is 26.3 Å². The molecule has 0 aromatic heterocycles. The first-order valence-corrected chi connectivity index (χ1v) is 27.5. The molecule has 3 unspecified atom stereocenters. The molecule has 3 atom stereocenters. The van der Waals surface area contributed by atoms with Gasteiger partial charge >= 0.3 is 142 Å². The van der Waals surface area contributed by atoms with Crippen LogP contribution in [0.15, 0.2) is 0 Å². The van der Waals surface area contributed by atoms with E-state index in [1.54, 1.807) is 69.2 Å². The summed E-state index contributed by atoms with van der Waals surface area (Å²) >= 11 is 0. The van der Waals surface area contributed by atoms with Crippen LogP contribution >= 0.6 is 0 Å². The minimum atomic E-state index is -6.56. The molecule has 0 aliphatic rings. The number of rotatable bonds is 35. The van der Waals surface area contributed by atoms with Crippen molar-refractivity contribution in [2.45, 2.75) is 193 Å². The van der Waals surface area contributed by atoms with Crippen molar-refractivity contribution in [2.24, 2.45) is 38.4 Å². The number of amides is 1. The Morgan fingerprint density at radius 2 is 0.870 bits per heavy atom. The van der Waals surface area contributed by atoms with Crippen molar-refractivity contribution in [1.82, 2.24) is 5.32 Å². The summed E-state index contributed by atoms with van der Waals surface area (Å²) in [6.07, 6.45) is -5.58. The molecule has 0 aliphatic heterocycles. The number of carboxylic acid groups (broad SMARTS) is 5. The number of halogens is 6. The van der Waals surface area contributed by atoms with Crippen LogP contribution in [-0.4, -0.2) is 149 Å². The predicted molar refractivity (Wildman–Crippen MR) is 283 cm³/mol. The molecule has 0 aliphatic carbocycles. The Kier molecular flexibility index (Phi) is 61.8. The van der Waals surface area contributed by atoms with E-state index in [0.29, 0.717) is 45.1 Å². The number of carbonyl (C=O) groups excluding carboxylic acids is 11. The first-order chi connectivity index (χ1) is 39.4. The molecule has 0 rings (SSSR count). The molecule has 1 amide bonds. The maximum absolute atomic E-state index is 13.1. The molecule has 25 nitrogen and oxygen atoms in total. The number of nitrogens with one attached hydrogen (secondary N) is 1. The molecule has 0 radical (unpaired) electrons. The zero-order valence-corrected chi connectivity index (χ0v) is 57.9. The standard InChI is InChI=1S/C16H29NO6.C13H16F6O6.C13H24O5.C9H16O5.C5H10O2.5Li/c1-5-16(4,14(22)23-10-9-18)11-15(2,3)13(21)17-8-6-7-12(19)20;1-4-10(2,3)9(23)24-6-5-7(20)25-13(18,19)12(16,17)11(14,15)8(21)22;1-6-13(4,9-12(2,3)10(14)15)11(16)18-8-7-17-5;1-4-9(2,3)7(10)13-5-6-14-8(11)12;1-3-4(2)5(6)7;;;;;/h18H,5-11H2,1-4H3,(H,17,21)(H,19,20);4-6H2,1-3H3,(H,21,22);6-9H2,1-5H3,(H,14,15);4-6H2,1-3H3,(H,11,12);4H,3H2,1-2H3,(H,6,7);;;;;/q;;;;;5*+1/p-5. The molecule has 0 aromatic rings. The van der Waals surface area contributed by atoms with Crippen molar-refractivity contribution >= 4 is 65.8 Å². The van der Waals surface area contributed by atoms with Crippen LogP contribution in [0.1, 0.15) is 175 Å². The van der Waals surface area contributed by atoms with E-state index in [9.17, 15) is 105 Å². The number of hydrogen-bond acceptors (Lipinski definition) is 24. The second-order valence-corrected chi connectivity index (χ2v) is 22.6. The van der Waals surface area contributed by atoms with Crippen LogP contribution in [-0.2, 0) is 81.1 Å². The first kappa shape index (κ1) is 110. The number of methoxy groups -OCH3 is 1. The summed E-state index contributed by atoms with van der Waals surface area (Å²) in [5.41, 5.74) is -5.04. The maximum Gasteiger partial charge on any atom is 1.00 e. The van der Waals surface area contributed by atoms with E-state index < -0.39 is 117 Å². The average Bonchev–Trinajstić information content (AvgIpc) is 1.38. The molecule has 0 spiro atoms. The molecule has 0 heterocycles. The number of aliphatic hydroxyl groups excluding tert-OH is 1. The molecule has 36 heteroatoms. The van der Waals surface area contributed by atoms with E-state index >= 15 is 0 Å². The molecule has 0 fully saturated rings. The molecule has 92 heavy (non-hydrogen) atoms. The third-order valence-electron chi connectivity index (χ3n) is 13.3. The quantitative estimate of drug-likeness (QED) is 0.0196. The Bertz CT molecular complexity index is 2220. The van der Waals surface area contributed by atoms with E-state index in [0.717, 1.165) is 0 Å². The fourth-order valence-electron chi connectivity index (χ4n) is 6.07. The van der Waals surface area contributed by atoms with Crippen LogP contribution in [0.5, 0.6) is 0 Å².